The van der Waals surface area contributed by atoms with Crippen molar-refractivity contribution in [3.05, 3.63) is 28.8 Å². The van der Waals surface area contributed by atoms with Crippen LogP contribution in [0.1, 0.15) is 23.2 Å². The van der Waals surface area contributed by atoms with E-state index in [4.69, 9.17) is 22.1 Å². The largest absolute Gasteiger partial charge is 0.399 e. The summed E-state index contributed by atoms with van der Waals surface area (Å²) in [4.78, 5) is 11.8. The number of ether oxygens (including phenoxy) is 1. The SMILES string of the molecule is Nc1ccc(C(=O)NCCOCC2CC2)c(Cl)c1. The summed E-state index contributed by atoms with van der Waals surface area (Å²) in [7, 11) is 0. The number of benzene rings is 1. The Bertz CT molecular complexity index is 433. The molecule has 1 aliphatic rings. The number of hydrogen-bond acceptors (Lipinski definition) is 3. The topological polar surface area (TPSA) is 64.4 Å². The molecule has 1 aromatic rings. The Morgan fingerprint density at radius 3 is 2.94 bits per heavy atom. The summed E-state index contributed by atoms with van der Waals surface area (Å²) in [6.07, 6.45) is 2.54. The summed E-state index contributed by atoms with van der Waals surface area (Å²) in [5.41, 5.74) is 6.55. The molecule has 18 heavy (non-hydrogen) atoms. The summed E-state index contributed by atoms with van der Waals surface area (Å²) in [6.45, 7) is 1.83. The zero-order chi connectivity index (χ0) is 13.0. The van der Waals surface area contributed by atoms with E-state index >= 15 is 0 Å². The molecule has 0 aromatic heterocycles. The summed E-state index contributed by atoms with van der Waals surface area (Å²) in [5.74, 6) is 0.544. The Kier molecular flexibility index (Phi) is 4.44. The van der Waals surface area contributed by atoms with E-state index in [0.29, 0.717) is 29.4 Å². The van der Waals surface area contributed by atoms with E-state index in [1.165, 1.54) is 12.8 Å². The fraction of sp³-hybridized carbons (Fsp3) is 0.462. The van der Waals surface area contributed by atoms with Gasteiger partial charge in [-0.25, -0.2) is 0 Å². The van der Waals surface area contributed by atoms with Crippen molar-refractivity contribution in [3.63, 3.8) is 0 Å². The first-order chi connectivity index (χ1) is 8.66. The van der Waals surface area contributed by atoms with Crippen molar-refractivity contribution >= 4 is 23.2 Å². The van der Waals surface area contributed by atoms with Gasteiger partial charge in [0.25, 0.3) is 5.91 Å². The summed E-state index contributed by atoms with van der Waals surface area (Å²) < 4.78 is 5.43. The molecule has 5 heteroatoms. The molecule has 0 saturated heterocycles. The Labute approximate surface area is 111 Å². The van der Waals surface area contributed by atoms with E-state index in [-0.39, 0.29) is 5.91 Å². The van der Waals surface area contributed by atoms with Gasteiger partial charge in [0, 0.05) is 18.8 Å². The highest BCUT2D eigenvalue weighted by Crippen LogP contribution is 2.28. The summed E-state index contributed by atoms with van der Waals surface area (Å²) in [6, 6.07) is 4.85. The van der Waals surface area contributed by atoms with Crippen molar-refractivity contribution in [2.45, 2.75) is 12.8 Å². The number of anilines is 1. The van der Waals surface area contributed by atoms with E-state index in [1.54, 1.807) is 18.2 Å². The van der Waals surface area contributed by atoms with Gasteiger partial charge in [-0.05, 0) is 37.0 Å². The van der Waals surface area contributed by atoms with Crippen LogP contribution < -0.4 is 11.1 Å². The molecule has 0 radical (unpaired) electrons. The van der Waals surface area contributed by atoms with Gasteiger partial charge in [0.1, 0.15) is 0 Å². The van der Waals surface area contributed by atoms with E-state index < -0.39 is 0 Å². The maximum atomic E-state index is 11.8. The molecule has 3 N–H and O–H groups in total. The van der Waals surface area contributed by atoms with Gasteiger partial charge in [-0.2, -0.15) is 0 Å². The maximum absolute atomic E-state index is 11.8. The second-order valence-corrected chi connectivity index (χ2v) is 4.92. The van der Waals surface area contributed by atoms with Gasteiger partial charge < -0.3 is 15.8 Å². The highest BCUT2D eigenvalue weighted by atomic mass is 35.5. The average Bonchev–Trinajstić information content (AvgIpc) is 3.12. The van der Waals surface area contributed by atoms with Crippen LogP contribution in [0.15, 0.2) is 18.2 Å². The predicted octanol–water partition coefficient (Wildman–Crippen LogP) is 2.08. The number of amides is 1. The molecule has 0 bridgehead atoms. The number of hydrogen-bond donors (Lipinski definition) is 2. The Balaban J connectivity index is 1.72. The molecule has 0 atom stereocenters. The third kappa shape index (κ3) is 3.89. The molecule has 1 fully saturated rings. The normalized spacial score (nSPS) is 14.5. The van der Waals surface area contributed by atoms with Crippen LogP contribution in [0.5, 0.6) is 0 Å². The molecule has 0 heterocycles. The van der Waals surface area contributed by atoms with E-state index in [9.17, 15) is 4.79 Å². The molecule has 2 rings (SSSR count). The van der Waals surface area contributed by atoms with Crippen molar-refractivity contribution in [2.24, 2.45) is 5.92 Å². The lowest BCUT2D eigenvalue weighted by Crippen LogP contribution is -2.27. The first-order valence-electron chi connectivity index (χ1n) is 6.08. The fourth-order valence-corrected chi connectivity index (χ4v) is 1.86. The lowest BCUT2D eigenvalue weighted by molar-refractivity contribution is 0.0906. The zero-order valence-corrected chi connectivity index (χ0v) is 10.9. The van der Waals surface area contributed by atoms with E-state index in [2.05, 4.69) is 5.32 Å². The molecule has 0 spiro atoms. The molecule has 1 saturated carbocycles. The third-order valence-electron chi connectivity index (χ3n) is 2.82. The Morgan fingerprint density at radius 2 is 2.28 bits per heavy atom. The minimum Gasteiger partial charge on any atom is -0.399 e. The smallest absolute Gasteiger partial charge is 0.252 e. The van der Waals surface area contributed by atoms with Gasteiger partial charge in [-0.3, -0.25) is 4.79 Å². The zero-order valence-electron chi connectivity index (χ0n) is 10.1. The quantitative estimate of drug-likeness (QED) is 0.613. The minimum atomic E-state index is -0.199. The maximum Gasteiger partial charge on any atom is 0.252 e. The standard InChI is InChI=1S/C13H17ClN2O2/c14-12-7-10(15)3-4-11(12)13(17)16-5-6-18-8-9-1-2-9/h3-4,7,9H,1-2,5-6,8,15H2,(H,16,17). The number of rotatable bonds is 6. The molecule has 4 nitrogen and oxygen atoms in total. The van der Waals surface area contributed by atoms with Gasteiger partial charge in [0.2, 0.25) is 0 Å². The van der Waals surface area contributed by atoms with Crippen molar-refractivity contribution in [1.82, 2.24) is 5.32 Å². The monoisotopic (exact) mass is 268 g/mol. The number of nitrogens with two attached hydrogens (primary N) is 1. The number of carbonyl (C=O) groups excluding carboxylic acids is 1. The fourth-order valence-electron chi connectivity index (χ4n) is 1.58. The summed E-state index contributed by atoms with van der Waals surface area (Å²) >= 11 is 5.94. The molecule has 98 valence electrons. The van der Waals surface area contributed by atoms with Crippen molar-refractivity contribution < 1.29 is 9.53 Å². The second-order valence-electron chi connectivity index (χ2n) is 4.51. The molecule has 1 aromatic carbocycles. The van der Waals surface area contributed by atoms with Crippen molar-refractivity contribution in [1.29, 1.82) is 0 Å². The van der Waals surface area contributed by atoms with Crippen LogP contribution in [0.2, 0.25) is 5.02 Å². The Morgan fingerprint density at radius 1 is 1.50 bits per heavy atom. The lowest BCUT2D eigenvalue weighted by atomic mass is 10.2. The van der Waals surface area contributed by atoms with Crippen LogP contribution in [-0.2, 0) is 4.74 Å². The van der Waals surface area contributed by atoms with Crippen LogP contribution in [0.3, 0.4) is 0 Å². The van der Waals surface area contributed by atoms with Gasteiger partial charge in [0.15, 0.2) is 0 Å². The van der Waals surface area contributed by atoms with Crippen molar-refractivity contribution in [3.8, 4) is 0 Å². The highest BCUT2D eigenvalue weighted by Gasteiger charge is 2.20. The molecule has 1 aliphatic carbocycles. The van der Waals surface area contributed by atoms with Crippen LogP contribution >= 0.6 is 11.6 Å². The van der Waals surface area contributed by atoms with Crippen LogP contribution in [-0.4, -0.2) is 25.7 Å². The third-order valence-corrected chi connectivity index (χ3v) is 3.13. The summed E-state index contributed by atoms with van der Waals surface area (Å²) in [5, 5.41) is 3.13. The second kappa shape index (κ2) is 6.07. The van der Waals surface area contributed by atoms with Gasteiger partial charge in [-0.1, -0.05) is 11.6 Å². The molecular formula is C13H17ClN2O2. The average molecular weight is 269 g/mol. The molecule has 0 aliphatic heterocycles. The number of halogens is 1. The molecule has 0 unspecified atom stereocenters. The van der Waals surface area contributed by atoms with E-state index in [1.807, 2.05) is 0 Å². The van der Waals surface area contributed by atoms with Crippen LogP contribution in [0.25, 0.3) is 0 Å². The van der Waals surface area contributed by atoms with Gasteiger partial charge in [-0.15, -0.1) is 0 Å². The molecule has 1 amide bonds. The number of nitrogens with one attached hydrogen (secondary N) is 1. The van der Waals surface area contributed by atoms with E-state index in [0.717, 1.165) is 12.5 Å². The highest BCUT2D eigenvalue weighted by molar-refractivity contribution is 6.34. The van der Waals surface area contributed by atoms with Crippen LogP contribution in [0.4, 0.5) is 5.69 Å². The lowest BCUT2D eigenvalue weighted by Gasteiger charge is -2.07. The number of carbonyl (C=O) groups is 1. The predicted molar refractivity (Wildman–Crippen MR) is 71.7 cm³/mol. The van der Waals surface area contributed by atoms with Crippen molar-refractivity contribution in [2.75, 3.05) is 25.5 Å². The first-order valence-corrected chi connectivity index (χ1v) is 6.45. The van der Waals surface area contributed by atoms with Gasteiger partial charge in [0.05, 0.1) is 17.2 Å². The Hall–Kier alpha value is -1.26. The first kappa shape index (κ1) is 13.2. The molecular weight excluding hydrogens is 252 g/mol. The number of nitrogen functional groups attached to an aromatic ring is 1. The van der Waals surface area contributed by atoms with Gasteiger partial charge >= 0.3 is 0 Å². The van der Waals surface area contributed by atoms with Crippen LogP contribution in [0, 0.1) is 5.92 Å². The minimum absolute atomic E-state index is 0.199.